The Bertz CT molecular complexity index is 273. The summed E-state index contributed by atoms with van der Waals surface area (Å²) >= 11 is 0. The lowest BCUT2D eigenvalue weighted by molar-refractivity contribution is -0.493. The van der Waals surface area contributed by atoms with Crippen LogP contribution in [0.3, 0.4) is 0 Å². The van der Waals surface area contributed by atoms with Crippen LogP contribution in [0.5, 0.6) is 0 Å². The van der Waals surface area contributed by atoms with Crippen molar-refractivity contribution in [2.45, 2.75) is 26.7 Å². The molecule has 0 saturated carbocycles. The number of hydrogen-bond donors (Lipinski definition) is 0. The van der Waals surface area contributed by atoms with Crippen LogP contribution in [0.4, 0.5) is 8.78 Å². The van der Waals surface area contributed by atoms with Gasteiger partial charge in [-0.2, -0.15) is 0 Å². The monoisotopic (exact) mass is 247 g/mol. The lowest BCUT2D eigenvalue weighted by atomic mass is 10.2. The first-order valence-electron chi connectivity index (χ1n) is 6.21. The molecule has 100 valence electrons. The minimum absolute atomic E-state index is 0.380. The molecule has 4 heteroatoms. The molecule has 0 radical (unpaired) electrons. The summed E-state index contributed by atoms with van der Waals surface area (Å²) in [7, 11) is 3.86. The highest BCUT2D eigenvalue weighted by Gasteiger charge is 2.11. The summed E-state index contributed by atoms with van der Waals surface area (Å²) in [5.41, 5.74) is 1.86. The van der Waals surface area contributed by atoms with Crippen LogP contribution in [0.25, 0.3) is 0 Å². The molecule has 0 saturated heterocycles. The van der Waals surface area contributed by atoms with Crippen LogP contribution in [0.2, 0.25) is 0 Å². The second-order valence-electron chi connectivity index (χ2n) is 4.03. The third kappa shape index (κ3) is 5.80. The molecule has 0 spiro atoms. The topological polar surface area (TPSA) is 6.25 Å². The van der Waals surface area contributed by atoms with E-state index in [1.54, 1.807) is 0 Å². The SMILES string of the molecule is CCN(C)/C(=C\C(CCF)=[N+](C)CC)CCF. The Labute approximate surface area is 104 Å². The van der Waals surface area contributed by atoms with Crippen LogP contribution in [-0.2, 0) is 0 Å². The molecule has 0 fully saturated rings. The summed E-state index contributed by atoms with van der Waals surface area (Å²) in [6.45, 7) is 4.92. The second kappa shape index (κ2) is 9.14. The number of nitrogens with zero attached hydrogens (tertiary/aromatic N) is 2. The van der Waals surface area contributed by atoms with Gasteiger partial charge in [-0.05, 0) is 13.8 Å². The minimum atomic E-state index is -0.380. The predicted molar refractivity (Wildman–Crippen MR) is 69.3 cm³/mol. The lowest BCUT2D eigenvalue weighted by Gasteiger charge is -2.19. The van der Waals surface area contributed by atoms with E-state index in [0.717, 1.165) is 24.5 Å². The van der Waals surface area contributed by atoms with E-state index in [0.29, 0.717) is 12.8 Å². The summed E-state index contributed by atoms with van der Waals surface area (Å²) in [5, 5.41) is 0. The van der Waals surface area contributed by atoms with Crippen LogP contribution >= 0.6 is 0 Å². The van der Waals surface area contributed by atoms with Crippen LogP contribution < -0.4 is 0 Å². The van der Waals surface area contributed by atoms with E-state index in [1.807, 2.05) is 43.5 Å². The van der Waals surface area contributed by atoms with Gasteiger partial charge < -0.3 is 4.90 Å². The Balaban J connectivity index is 5.08. The van der Waals surface area contributed by atoms with Crippen molar-refractivity contribution in [1.29, 1.82) is 0 Å². The summed E-state index contributed by atoms with van der Waals surface area (Å²) in [5.74, 6) is 0. The van der Waals surface area contributed by atoms with Gasteiger partial charge in [0.05, 0.1) is 19.8 Å². The van der Waals surface area contributed by atoms with Gasteiger partial charge in [0.25, 0.3) is 0 Å². The molecule has 0 rings (SSSR count). The van der Waals surface area contributed by atoms with Crippen LogP contribution in [0.1, 0.15) is 26.7 Å². The van der Waals surface area contributed by atoms with Gasteiger partial charge in [-0.3, -0.25) is 8.78 Å². The van der Waals surface area contributed by atoms with Gasteiger partial charge in [-0.1, -0.05) is 0 Å². The molecule has 2 nitrogen and oxygen atoms in total. The molecular weight excluding hydrogens is 222 g/mol. The highest BCUT2D eigenvalue weighted by atomic mass is 19.1. The Morgan fingerprint density at radius 2 is 1.76 bits per heavy atom. The van der Waals surface area contributed by atoms with Crippen molar-refractivity contribution >= 4 is 5.71 Å². The number of hydrogen-bond acceptors (Lipinski definition) is 1. The Morgan fingerprint density at radius 1 is 1.18 bits per heavy atom. The van der Waals surface area contributed by atoms with Gasteiger partial charge in [0, 0.05) is 31.8 Å². The Kier molecular flexibility index (Phi) is 8.64. The van der Waals surface area contributed by atoms with Gasteiger partial charge in [0.2, 0.25) is 0 Å². The Morgan fingerprint density at radius 3 is 2.18 bits per heavy atom. The van der Waals surface area contributed by atoms with Crippen molar-refractivity contribution < 1.29 is 13.4 Å². The maximum Gasteiger partial charge on any atom is 0.180 e. The second-order valence-corrected chi connectivity index (χ2v) is 4.03. The van der Waals surface area contributed by atoms with E-state index < -0.39 is 0 Å². The fourth-order valence-corrected chi connectivity index (χ4v) is 1.54. The molecule has 0 amide bonds. The maximum absolute atomic E-state index is 12.5. The fraction of sp³-hybridized carbons (Fsp3) is 0.769. The number of allylic oxidation sites excluding steroid dienone is 2. The average molecular weight is 247 g/mol. The van der Waals surface area contributed by atoms with Crippen LogP contribution in [0.15, 0.2) is 11.8 Å². The van der Waals surface area contributed by atoms with E-state index in [-0.39, 0.29) is 13.3 Å². The summed E-state index contributed by atoms with van der Waals surface area (Å²) in [6, 6.07) is 0. The molecule has 0 bridgehead atoms. The van der Waals surface area contributed by atoms with Gasteiger partial charge in [-0.15, -0.1) is 0 Å². The highest BCUT2D eigenvalue weighted by molar-refractivity contribution is 5.91. The summed E-state index contributed by atoms with van der Waals surface area (Å²) in [4.78, 5) is 2.00. The summed E-state index contributed by atoms with van der Waals surface area (Å²) in [6.07, 6.45) is 2.70. The van der Waals surface area contributed by atoms with Crippen molar-refractivity contribution in [3.05, 3.63) is 11.8 Å². The first kappa shape index (κ1) is 16.1. The van der Waals surface area contributed by atoms with E-state index in [4.69, 9.17) is 0 Å². The number of rotatable bonds is 8. The molecule has 0 N–H and O–H groups in total. The van der Waals surface area contributed by atoms with E-state index in [1.165, 1.54) is 0 Å². The van der Waals surface area contributed by atoms with Crippen molar-refractivity contribution in [2.75, 3.05) is 40.5 Å². The largest absolute Gasteiger partial charge is 0.378 e. The van der Waals surface area contributed by atoms with Crippen LogP contribution in [-0.4, -0.2) is 55.7 Å². The molecule has 0 heterocycles. The first-order valence-corrected chi connectivity index (χ1v) is 6.21. The van der Waals surface area contributed by atoms with Crippen molar-refractivity contribution in [1.82, 2.24) is 4.90 Å². The number of alkyl halides is 2. The average Bonchev–Trinajstić information content (AvgIpc) is 2.35. The van der Waals surface area contributed by atoms with Gasteiger partial charge in [-0.25, -0.2) is 4.58 Å². The molecule has 0 aromatic rings. The van der Waals surface area contributed by atoms with E-state index >= 15 is 0 Å². The van der Waals surface area contributed by atoms with Crippen LogP contribution in [0, 0.1) is 0 Å². The molecule has 0 aliphatic heterocycles. The van der Waals surface area contributed by atoms with Gasteiger partial charge in [0.1, 0.15) is 13.6 Å². The van der Waals surface area contributed by atoms with E-state index in [9.17, 15) is 8.78 Å². The molecule has 0 aromatic heterocycles. The first-order chi connectivity index (χ1) is 8.10. The third-order valence-electron chi connectivity index (χ3n) is 2.96. The smallest absolute Gasteiger partial charge is 0.180 e. The Hall–Kier alpha value is -0.930. The van der Waals surface area contributed by atoms with E-state index in [2.05, 4.69) is 0 Å². The fourth-order valence-electron chi connectivity index (χ4n) is 1.54. The summed E-state index contributed by atoms with van der Waals surface area (Å²) < 4.78 is 27.0. The lowest BCUT2D eigenvalue weighted by Crippen LogP contribution is -2.22. The maximum atomic E-state index is 12.5. The molecule has 0 aromatic carbocycles. The van der Waals surface area contributed by atoms with Crippen molar-refractivity contribution in [2.24, 2.45) is 0 Å². The minimum Gasteiger partial charge on any atom is -0.378 e. The zero-order chi connectivity index (χ0) is 13.3. The van der Waals surface area contributed by atoms with Crippen molar-refractivity contribution in [3.63, 3.8) is 0 Å². The standard InChI is InChI=1S/C13H25F2N2/c1-5-16(3)12(7-9-14)11-13(8-10-15)17(4)6-2/h11H,5-10H2,1-4H3/q+1. The van der Waals surface area contributed by atoms with Gasteiger partial charge >= 0.3 is 0 Å². The zero-order valence-corrected chi connectivity index (χ0v) is 11.5. The van der Waals surface area contributed by atoms with Gasteiger partial charge in [0.15, 0.2) is 5.71 Å². The highest BCUT2D eigenvalue weighted by Crippen LogP contribution is 2.08. The number of halogens is 2. The molecular formula is C13H25F2N2+. The predicted octanol–water partition coefficient (Wildman–Crippen LogP) is 2.64. The third-order valence-corrected chi connectivity index (χ3v) is 2.96. The molecule has 17 heavy (non-hydrogen) atoms. The quantitative estimate of drug-likeness (QED) is 0.472. The molecule has 0 aliphatic rings. The molecule has 0 aliphatic carbocycles. The molecule has 0 atom stereocenters. The molecule has 0 unspecified atom stereocenters. The normalized spacial score (nSPS) is 13.6. The zero-order valence-electron chi connectivity index (χ0n) is 11.5. The van der Waals surface area contributed by atoms with Crippen molar-refractivity contribution in [3.8, 4) is 0 Å².